The quantitative estimate of drug-likeness (QED) is 0.786. The van der Waals surface area contributed by atoms with Crippen molar-refractivity contribution in [3.63, 3.8) is 0 Å². The molecular formula is C14H20N4O2. The zero-order chi connectivity index (χ0) is 14.7. The Kier molecular flexibility index (Phi) is 4.34. The molecule has 0 N–H and O–H groups in total. The van der Waals surface area contributed by atoms with Crippen LogP contribution < -0.4 is 4.90 Å². The number of hydrogen-bond donors (Lipinski definition) is 0. The molecule has 1 aromatic carbocycles. The molecule has 0 saturated carbocycles. The van der Waals surface area contributed by atoms with E-state index in [0.29, 0.717) is 5.56 Å². The lowest BCUT2D eigenvalue weighted by atomic mass is 10.1. The molecule has 0 atom stereocenters. The van der Waals surface area contributed by atoms with Gasteiger partial charge in [0, 0.05) is 46.0 Å². The Bertz CT molecular complexity index is 508. The molecule has 6 nitrogen and oxygen atoms in total. The van der Waals surface area contributed by atoms with Crippen molar-refractivity contribution in [2.24, 2.45) is 5.18 Å². The van der Waals surface area contributed by atoms with Gasteiger partial charge in [-0.2, -0.15) is 0 Å². The van der Waals surface area contributed by atoms with Crippen molar-refractivity contribution in [3.8, 4) is 0 Å². The average Bonchev–Trinajstić information content (AvgIpc) is 2.46. The topological polar surface area (TPSA) is 56.2 Å². The van der Waals surface area contributed by atoms with E-state index in [1.54, 1.807) is 26.2 Å². The highest BCUT2D eigenvalue weighted by Gasteiger charge is 2.21. The van der Waals surface area contributed by atoms with Crippen LogP contribution in [0.25, 0.3) is 0 Å². The standard InChI is InChI=1S/C14H20N4O2/c1-16(2)14(19)12-10-11(15-20)4-5-13(12)18-8-6-17(3)7-9-18/h4-5,10H,6-9H2,1-3H3. The number of nitrogens with zero attached hydrogens (tertiary/aromatic N) is 4. The molecule has 0 unspecified atom stereocenters. The second-order valence-electron chi connectivity index (χ2n) is 5.28. The zero-order valence-electron chi connectivity index (χ0n) is 12.2. The summed E-state index contributed by atoms with van der Waals surface area (Å²) >= 11 is 0. The van der Waals surface area contributed by atoms with Crippen LogP contribution in [-0.4, -0.2) is 63.0 Å². The Hall–Kier alpha value is -1.95. The first kappa shape index (κ1) is 14.5. The molecule has 1 aromatic rings. The predicted molar refractivity (Wildman–Crippen MR) is 79.6 cm³/mol. The molecule has 1 amide bonds. The summed E-state index contributed by atoms with van der Waals surface area (Å²) in [5.74, 6) is -0.107. The van der Waals surface area contributed by atoms with E-state index in [0.717, 1.165) is 31.9 Å². The lowest BCUT2D eigenvalue weighted by molar-refractivity contribution is 0.0828. The van der Waals surface area contributed by atoms with Gasteiger partial charge in [0.1, 0.15) is 5.69 Å². The minimum Gasteiger partial charge on any atom is -0.368 e. The number of benzene rings is 1. The van der Waals surface area contributed by atoms with E-state index in [9.17, 15) is 9.70 Å². The number of amides is 1. The van der Waals surface area contributed by atoms with Gasteiger partial charge in [0.2, 0.25) is 0 Å². The van der Waals surface area contributed by atoms with E-state index in [4.69, 9.17) is 0 Å². The molecule has 0 radical (unpaired) electrons. The van der Waals surface area contributed by atoms with Gasteiger partial charge < -0.3 is 14.7 Å². The van der Waals surface area contributed by atoms with Crippen LogP contribution in [0.2, 0.25) is 0 Å². The Morgan fingerprint density at radius 3 is 2.40 bits per heavy atom. The molecule has 20 heavy (non-hydrogen) atoms. The van der Waals surface area contributed by atoms with Gasteiger partial charge in [0.05, 0.1) is 5.56 Å². The van der Waals surface area contributed by atoms with Gasteiger partial charge in [-0.25, -0.2) is 0 Å². The van der Waals surface area contributed by atoms with Crippen LogP contribution in [0.3, 0.4) is 0 Å². The molecule has 1 heterocycles. The van der Waals surface area contributed by atoms with Crippen molar-refractivity contribution in [1.82, 2.24) is 9.80 Å². The number of piperazine rings is 1. The van der Waals surface area contributed by atoms with Crippen LogP contribution in [0, 0.1) is 4.91 Å². The first-order valence-corrected chi connectivity index (χ1v) is 6.65. The van der Waals surface area contributed by atoms with Crippen LogP contribution >= 0.6 is 0 Å². The maximum Gasteiger partial charge on any atom is 0.255 e. The van der Waals surface area contributed by atoms with Gasteiger partial charge in [0.15, 0.2) is 0 Å². The third-order valence-corrected chi connectivity index (χ3v) is 3.57. The number of carbonyl (C=O) groups is 1. The summed E-state index contributed by atoms with van der Waals surface area (Å²) in [6.07, 6.45) is 0. The summed E-state index contributed by atoms with van der Waals surface area (Å²) in [7, 11) is 5.50. The molecule has 6 heteroatoms. The smallest absolute Gasteiger partial charge is 0.255 e. The van der Waals surface area contributed by atoms with Crippen LogP contribution in [-0.2, 0) is 0 Å². The highest BCUT2D eigenvalue weighted by molar-refractivity contribution is 6.00. The highest BCUT2D eigenvalue weighted by Crippen LogP contribution is 2.27. The van der Waals surface area contributed by atoms with Crippen LogP contribution in [0.5, 0.6) is 0 Å². The van der Waals surface area contributed by atoms with E-state index in [2.05, 4.69) is 22.0 Å². The summed E-state index contributed by atoms with van der Waals surface area (Å²) in [6, 6.07) is 5.05. The van der Waals surface area contributed by atoms with Crippen molar-refractivity contribution < 1.29 is 4.79 Å². The number of hydrogen-bond acceptors (Lipinski definition) is 5. The van der Waals surface area contributed by atoms with E-state index in [-0.39, 0.29) is 11.6 Å². The van der Waals surface area contributed by atoms with Gasteiger partial charge in [-0.3, -0.25) is 4.79 Å². The second-order valence-corrected chi connectivity index (χ2v) is 5.28. The number of likely N-dealkylation sites (N-methyl/N-ethyl adjacent to an activating group) is 1. The average molecular weight is 276 g/mol. The summed E-state index contributed by atoms with van der Waals surface area (Å²) in [4.78, 5) is 28.9. The normalized spacial score (nSPS) is 16.1. The Morgan fingerprint density at radius 2 is 1.85 bits per heavy atom. The van der Waals surface area contributed by atoms with Crippen LogP contribution in [0.1, 0.15) is 10.4 Å². The first-order valence-electron chi connectivity index (χ1n) is 6.65. The van der Waals surface area contributed by atoms with Gasteiger partial charge in [-0.15, -0.1) is 4.91 Å². The maximum absolute atomic E-state index is 12.3. The molecule has 0 aromatic heterocycles. The fourth-order valence-electron chi connectivity index (χ4n) is 2.32. The fourth-order valence-corrected chi connectivity index (χ4v) is 2.32. The molecule has 1 aliphatic rings. The van der Waals surface area contributed by atoms with E-state index in [1.807, 2.05) is 6.07 Å². The van der Waals surface area contributed by atoms with Crippen LogP contribution in [0.4, 0.5) is 11.4 Å². The molecule has 2 rings (SSSR count). The highest BCUT2D eigenvalue weighted by atomic mass is 16.3. The molecule has 0 spiro atoms. The molecule has 0 aliphatic carbocycles. The van der Waals surface area contributed by atoms with E-state index in [1.165, 1.54) is 4.90 Å². The van der Waals surface area contributed by atoms with E-state index >= 15 is 0 Å². The van der Waals surface area contributed by atoms with Crippen LogP contribution in [0.15, 0.2) is 23.4 Å². The lowest BCUT2D eigenvalue weighted by Crippen LogP contribution is -2.45. The van der Waals surface area contributed by atoms with Gasteiger partial charge in [-0.05, 0) is 30.4 Å². The molecule has 1 saturated heterocycles. The van der Waals surface area contributed by atoms with Crippen molar-refractivity contribution in [2.75, 3.05) is 52.2 Å². The summed E-state index contributed by atoms with van der Waals surface area (Å²) in [5.41, 5.74) is 1.70. The summed E-state index contributed by atoms with van der Waals surface area (Å²) < 4.78 is 0. The minimum absolute atomic E-state index is 0.107. The maximum atomic E-state index is 12.3. The Labute approximate surface area is 118 Å². The van der Waals surface area contributed by atoms with Crippen molar-refractivity contribution in [1.29, 1.82) is 0 Å². The van der Waals surface area contributed by atoms with E-state index < -0.39 is 0 Å². The number of anilines is 1. The zero-order valence-corrected chi connectivity index (χ0v) is 12.2. The van der Waals surface area contributed by atoms with Gasteiger partial charge in [-0.1, -0.05) is 0 Å². The van der Waals surface area contributed by atoms with Gasteiger partial charge >= 0.3 is 0 Å². The molecule has 1 aliphatic heterocycles. The minimum atomic E-state index is -0.107. The molecule has 0 bridgehead atoms. The first-order chi connectivity index (χ1) is 9.52. The SMILES string of the molecule is CN1CCN(c2ccc(N=O)cc2C(=O)N(C)C)CC1. The Balaban J connectivity index is 2.36. The monoisotopic (exact) mass is 276 g/mol. The number of carbonyl (C=O) groups excluding carboxylic acids is 1. The largest absolute Gasteiger partial charge is 0.368 e. The van der Waals surface area contributed by atoms with Gasteiger partial charge in [0.25, 0.3) is 5.91 Å². The summed E-state index contributed by atoms with van der Waals surface area (Å²) in [5, 5.41) is 2.92. The lowest BCUT2D eigenvalue weighted by Gasteiger charge is -2.35. The third kappa shape index (κ3) is 2.96. The Morgan fingerprint density at radius 1 is 1.20 bits per heavy atom. The predicted octanol–water partition coefficient (Wildman–Crippen LogP) is 1.54. The molecule has 108 valence electrons. The molecule has 1 fully saturated rings. The number of rotatable bonds is 3. The van der Waals surface area contributed by atoms with Crippen molar-refractivity contribution in [2.45, 2.75) is 0 Å². The second kappa shape index (κ2) is 6.00. The summed E-state index contributed by atoms with van der Waals surface area (Å²) in [6.45, 7) is 3.67. The fraction of sp³-hybridized carbons (Fsp3) is 0.500. The van der Waals surface area contributed by atoms with Crippen molar-refractivity contribution >= 4 is 17.3 Å². The van der Waals surface area contributed by atoms with Crippen molar-refractivity contribution in [3.05, 3.63) is 28.7 Å². The number of nitroso groups, excluding NO2 is 1. The molecular weight excluding hydrogens is 256 g/mol. The third-order valence-electron chi connectivity index (χ3n) is 3.57.